The summed E-state index contributed by atoms with van der Waals surface area (Å²) in [6.07, 6.45) is -2.49. The number of benzene rings is 2. The summed E-state index contributed by atoms with van der Waals surface area (Å²) >= 11 is 0. The molecule has 0 aliphatic rings. The fourth-order valence-electron chi connectivity index (χ4n) is 2.01. The van der Waals surface area contributed by atoms with Crippen LogP contribution in [0.15, 0.2) is 42.5 Å². The molecule has 0 aromatic heterocycles. The Morgan fingerprint density at radius 1 is 1.00 bits per heavy atom. The van der Waals surface area contributed by atoms with E-state index < -0.39 is 18.1 Å². The van der Waals surface area contributed by atoms with E-state index in [-0.39, 0.29) is 11.6 Å². The highest BCUT2D eigenvalue weighted by Gasteiger charge is 2.11. The second-order valence-corrected chi connectivity index (χ2v) is 4.81. The summed E-state index contributed by atoms with van der Waals surface area (Å²) in [6, 6.07) is 9.04. The van der Waals surface area contributed by atoms with E-state index in [2.05, 4.69) is 5.32 Å². The van der Waals surface area contributed by atoms with Gasteiger partial charge in [-0.25, -0.2) is 17.6 Å². The second-order valence-electron chi connectivity index (χ2n) is 4.81. The van der Waals surface area contributed by atoms with E-state index in [0.29, 0.717) is 12.1 Å². The minimum atomic E-state index is -2.49. The van der Waals surface area contributed by atoms with E-state index in [1.165, 1.54) is 24.3 Å². The molecule has 1 atom stereocenters. The van der Waals surface area contributed by atoms with E-state index in [9.17, 15) is 17.6 Å². The fourth-order valence-corrected chi connectivity index (χ4v) is 2.01. The van der Waals surface area contributed by atoms with Gasteiger partial charge in [-0.15, -0.1) is 0 Å². The molecule has 1 N–H and O–H groups in total. The van der Waals surface area contributed by atoms with Crippen LogP contribution in [0.3, 0.4) is 0 Å². The molecular weight excluding hydrogens is 282 g/mol. The van der Waals surface area contributed by atoms with Gasteiger partial charge in [-0.05, 0) is 18.6 Å². The number of nitrogens with one attached hydrogen (secondary N) is 1. The summed E-state index contributed by atoms with van der Waals surface area (Å²) in [5.74, 6) is -1.23. The lowest BCUT2D eigenvalue weighted by Gasteiger charge is -2.15. The Morgan fingerprint density at radius 2 is 1.67 bits per heavy atom. The van der Waals surface area contributed by atoms with Gasteiger partial charge in [0.2, 0.25) is 0 Å². The van der Waals surface area contributed by atoms with E-state index in [4.69, 9.17) is 0 Å². The highest BCUT2D eigenvalue weighted by atomic mass is 19.3. The van der Waals surface area contributed by atoms with E-state index in [1.54, 1.807) is 19.1 Å². The monoisotopic (exact) mass is 297 g/mol. The molecule has 0 amide bonds. The van der Waals surface area contributed by atoms with E-state index >= 15 is 0 Å². The number of halogens is 4. The maximum absolute atomic E-state index is 13.6. The van der Waals surface area contributed by atoms with Crippen LogP contribution in [0.4, 0.5) is 17.6 Å². The molecule has 0 bridgehead atoms. The number of rotatable bonds is 5. The molecule has 0 saturated carbocycles. The lowest BCUT2D eigenvalue weighted by Crippen LogP contribution is -2.19. The van der Waals surface area contributed by atoms with Gasteiger partial charge in [-0.1, -0.05) is 30.3 Å². The van der Waals surface area contributed by atoms with Gasteiger partial charge in [-0.3, -0.25) is 0 Å². The maximum atomic E-state index is 13.6. The third-order valence-electron chi connectivity index (χ3n) is 3.27. The van der Waals surface area contributed by atoms with Crippen molar-refractivity contribution in [3.8, 4) is 0 Å². The molecule has 0 saturated heterocycles. The van der Waals surface area contributed by atoms with Crippen molar-refractivity contribution in [2.45, 2.75) is 25.9 Å². The average Bonchev–Trinajstić information content (AvgIpc) is 2.45. The predicted octanol–water partition coefficient (Wildman–Crippen LogP) is 4.75. The van der Waals surface area contributed by atoms with Crippen molar-refractivity contribution in [1.29, 1.82) is 0 Å². The summed E-state index contributed by atoms with van der Waals surface area (Å²) in [6.45, 7) is 2.16. The fraction of sp³-hybridized carbons (Fsp3) is 0.250. The first kappa shape index (κ1) is 15.5. The second kappa shape index (κ2) is 6.72. The Morgan fingerprint density at radius 3 is 2.24 bits per heavy atom. The van der Waals surface area contributed by atoms with Crippen LogP contribution in [-0.2, 0) is 6.54 Å². The Hall–Kier alpha value is -1.88. The van der Waals surface area contributed by atoms with Gasteiger partial charge in [-0.2, -0.15) is 0 Å². The van der Waals surface area contributed by atoms with Crippen molar-refractivity contribution in [1.82, 2.24) is 5.32 Å². The van der Waals surface area contributed by atoms with Gasteiger partial charge in [0, 0.05) is 29.8 Å². The van der Waals surface area contributed by atoms with Gasteiger partial charge < -0.3 is 5.32 Å². The van der Waals surface area contributed by atoms with Crippen LogP contribution in [0.25, 0.3) is 0 Å². The summed E-state index contributed by atoms with van der Waals surface area (Å²) in [4.78, 5) is 0. The van der Waals surface area contributed by atoms with Crippen LogP contribution in [0.2, 0.25) is 0 Å². The maximum Gasteiger partial charge on any atom is 0.263 e. The summed E-state index contributed by atoms with van der Waals surface area (Å²) in [5, 5.41) is 3.07. The van der Waals surface area contributed by atoms with Crippen molar-refractivity contribution in [3.05, 3.63) is 70.8 Å². The molecule has 0 fully saturated rings. The molecule has 2 rings (SSSR count). The Bertz CT molecular complexity index is 596. The first-order valence-corrected chi connectivity index (χ1v) is 6.52. The van der Waals surface area contributed by atoms with Crippen molar-refractivity contribution >= 4 is 0 Å². The molecule has 112 valence electrons. The number of alkyl halides is 2. The summed E-state index contributed by atoms with van der Waals surface area (Å²) in [7, 11) is 0. The summed E-state index contributed by atoms with van der Waals surface area (Å²) in [5.41, 5.74) is 1.14. The highest BCUT2D eigenvalue weighted by molar-refractivity contribution is 5.24. The van der Waals surface area contributed by atoms with E-state index in [1.807, 2.05) is 0 Å². The SMILES string of the molecule is CC(NCc1ccc(C(F)F)cc1)c1ccc(F)cc1F. The number of hydrogen-bond acceptors (Lipinski definition) is 1. The van der Waals surface area contributed by atoms with Crippen molar-refractivity contribution in [2.24, 2.45) is 0 Å². The minimum Gasteiger partial charge on any atom is -0.306 e. The molecule has 2 aromatic carbocycles. The molecule has 0 radical (unpaired) electrons. The molecule has 0 heterocycles. The van der Waals surface area contributed by atoms with E-state index in [0.717, 1.165) is 11.6 Å². The van der Waals surface area contributed by atoms with Crippen LogP contribution in [0.5, 0.6) is 0 Å². The topological polar surface area (TPSA) is 12.0 Å². The Balaban J connectivity index is 1.98. The van der Waals surface area contributed by atoms with Gasteiger partial charge in [0.05, 0.1) is 0 Å². The largest absolute Gasteiger partial charge is 0.306 e. The first-order valence-electron chi connectivity index (χ1n) is 6.52. The molecular formula is C16H15F4N. The van der Waals surface area contributed by atoms with Crippen molar-refractivity contribution in [3.63, 3.8) is 0 Å². The zero-order valence-corrected chi connectivity index (χ0v) is 11.4. The Labute approximate surface area is 120 Å². The highest BCUT2D eigenvalue weighted by Crippen LogP contribution is 2.20. The van der Waals surface area contributed by atoms with Crippen LogP contribution in [0, 0.1) is 11.6 Å². The zero-order valence-electron chi connectivity index (χ0n) is 11.4. The van der Waals surface area contributed by atoms with Gasteiger partial charge in [0.15, 0.2) is 0 Å². The molecule has 0 aliphatic heterocycles. The smallest absolute Gasteiger partial charge is 0.263 e. The molecule has 0 aliphatic carbocycles. The predicted molar refractivity (Wildman–Crippen MR) is 73.0 cm³/mol. The molecule has 1 unspecified atom stereocenters. The van der Waals surface area contributed by atoms with Crippen molar-refractivity contribution in [2.75, 3.05) is 0 Å². The van der Waals surface area contributed by atoms with Crippen LogP contribution in [-0.4, -0.2) is 0 Å². The average molecular weight is 297 g/mol. The van der Waals surface area contributed by atoms with Crippen LogP contribution >= 0.6 is 0 Å². The Kier molecular flexibility index (Phi) is 4.96. The number of hydrogen-bond donors (Lipinski definition) is 1. The molecule has 5 heteroatoms. The third kappa shape index (κ3) is 4.04. The molecule has 21 heavy (non-hydrogen) atoms. The normalized spacial score (nSPS) is 12.7. The third-order valence-corrected chi connectivity index (χ3v) is 3.27. The van der Waals surface area contributed by atoms with Gasteiger partial charge in [0.1, 0.15) is 11.6 Å². The lowest BCUT2D eigenvalue weighted by molar-refractivity contribution is 0.151. The van der Waals surface area contributed by atoms with Crippen LogP contribution < -0.4 is 5.32 Å². The van der Waals surface area contributed by atoms with Crippen molar-refractivity contribution < 1.29 is 17.6 Å². The van der Waals surface area contributed by atoms with Gasteiger partial charge in [0.25, 0.3) is 6.43 Å². The van der Waals surface area contributed by atoms with Crippen LogP contribution in [0.1, 0.15) is 36.1 Å². The van der Waals surface area contributed by atoms with Gasteiger partial charge >= 0.3 is 0 Å². The first-order chi connectivity index (χ1) is 9.97. The molecule has 1 nitrogen and oxygen atoms in total. The molecule has 2 aromatic rings. The summed E-state index contributed by atoms with van der Waals surface area (Å²) < 4.78 is 51.3. The minimum absolute atomic E-state index is 0.0311. The molecule has 0 spiro atoms. The lowest BCUT2D eigenvalue weighted by atomic mass is 10.1. The zero-order chi connectivity index (χ0) is 15.4. The quantitative estimate of drug-likeness (QED) is 0.785. The standard InChI is InChI=1S/C16H15F4N/c1-10(14-7-6-13(17)8-15(14)18)21-9-11-2-4-12(5-3-11)16(19)20/h2-8,10,16,21H,9H2,1H3.